The first-order valence-corrected chi connectivity index (χ1v) is 5.48. The van der Waals surface area contributed by atoms with Crippen LogP contribution < -0.4 is 0 Å². The van der Waals surface area contributed by atoms with E-state index < -0.39 is 11.6 Å². The van der Waals surface area contributed by atoms with Crippen LogP contribution >= 0.6 is 11.3 Å². The molecule has 0 atom stereocenters. The Hall–Kier alpha value is -1.29. The van der Waals surface area contributed by atoms with E-state index >= 15 is 0 Å². The number of aromatic nitrogens is 1. The van der Waals surface area contributed by atoms with Gasteiger partial charge >= 0.3 is 0 Å². The maximum Gasteiger partial charge on any atom is 0.135 e. The summed E-state index contributed by atoms with van der Waals surface area (Å²) in [5, 5.41) is 2.74. The van der Waals surface area contributed by atoms with Crippen LogP contribution in [0.25, 0.3) is 11.3 Å². The fourth-order valence-electron chi connectivity index (χ4n) is 1.29. The van der Waals surface area contributed by atoms with Gasteiger partial charge < -0.3 is 0 Å². The number of halogens is 2. The standard InChI is InChI=1S/C11H9F2NS/c1-2-11-14-10(6-15-11)8-4-3-7(12)5-9(8)13/h3-6H,2H2,1H3. The molecule has 0 bridgehead atoms. The highest BCUT2D eigenvalue weighted by molar-refractivity contribution is 7.09. The van der Waals surface area contributed by atoms with Crippen molar-refractivity contribution in [2.75, 3.05) is 0 Å². The quantitative estimate of drug-likeness (QED) is 0.760. The van der Waals surface area contributed by atoms with E-state index in [1.54, 1.807) is 5.38 Å². The first kappa shape index (κ1) is 10.2. The molecular weight excluding hydrogens is 216 g/mol. The van der Waals surface area contributed by atoms with Gasteiger partial charge in [-0.05, 0) is 18.6 Å². The van der Waals surface area contributed by atoms with Gasteiger partial charge in [-0.25, -0.2) is 13.8 Å². The van der Waals surface area contributed by atoms with E-state index in [4.69, 9.17) is 0 Å². The molecule has 0 amide bonds. The number of rotatable bonds is 2. The van der Waals surface area contributed by atoms with Crippen molar-refractivity contribution in [3.05, 3.63) is 40.2 Å². The van der Waals surface area contributed by atoms with E-state index in [0.717, 1.165) is 17.5 Å². The van der Waals surface area contributed by atoms with E-state index in [1.807, 2.05) is 6.92 Å². The second kappa shape index (κ2) is 4.06. The number of hydrogen-bond acceptors (Lipinski definition) is 2. The van der Waals surface area contributed by atoms with Crippen LogP contribution in [0.4, 0.5) is 8.78 Å². The molecule has 0 aliphatic rings. The molecular formula is C11H9F2NS. The second-order valence-corrected chi connectivity index (χ2v) is 4.05. The Morgan fingerprint density at radius 3 is 2.73 bits per heavy atom. The summed E-state index contributed by atoms with van der Waals surface area (Å²) in [6.45, 7) is 1.99. The Morgan fingerprint density at radius 2 is 2.13 bits per heavy atom. The topological polar surface area (TPSA) is 12.9 Å². The van der Waals surface area contributed by atoms with Crippen LogP contribution in [0.5, 0.6) is 0 Å². The van der Waals surface area contributed by atoms with Crippen LogP contribution in [0.1, 0.15) is 11.9 Å². The first-order valence-electron chi connectivity index (χ1n) is 4.60. The zero-order valence-corrected chi connectivity index (χ0v) is 8.94. The highest BCUT2D eigenvalue weighted by Gasteiger charge is 2.09. The number of hydrogen-bond donors (Lipinski definition) is 0. The summed E-state index contributed by atoms with van der Waals surface area (Å²) in [7, 11) is 0. The molecule has 15 heavy (non-hydrogen) atoms. The lowest BCUT2D eigenvalue weighted by atomic mass is 10.1. The maximum absolute atomic E-state index is 13.4. The molecule has 1 aromatic heterocycles. The van der Waals surface area contributed by atoms with Gasteiger partial charge in [0.2, 0.25) is 0 Å². The van der Waals surface area contributed by atoms with Crippen molar-refractivity contribution in [3.63, 3.8) is 0 Å². The molecule has 1 nitrogen and oxygen atoms in total. The third-order valence-corrected chi connectivity index (χ3v) is 3.05. The molecule has 78 valence electrons. The second-order valence-electron chi connectivity index (χ2n) is 3.10. The molecule has 0 saturated heterocycles. The fourth-order valence-corrected chi connectivity index (χ4v) is 2.04. The summed E-state index contributed by atoms with van der Waals surface area (Å²) >= 11 is 1.49. The monoisotopic (exact) mass is 225 g/mol. The van der Waals surface area contributed by atoms with Gasteiger partial charge in [0.1, 0.15) is 11.6 Å². The molecule has 0 spiro atoms. The number of aryl methyl sites for hydroxylation is 1. The van der Waals surface area contributed by atoms with Gasteiger partial charge in [-0.15, -0.1) is 11.3 Å². The lowest BCUT2D eigenvalue weighted by Crippen LogP contribution is -1.87. The third-order valence-electron chi connectivity index (χ3n) is 2.06. The van der Waals surface area contributed by atoms with E-state index in [0.29, 0.717) is 11.3 Å². The molecule has 4 heteroatoms. The average Bonchev–Trinajstić information content (AvgIpc) is 2.66. The van der Waals surface area contributed by atoms with Gasteiger partial charge in [0.25, 0.3) is 0 Å². The lowest BCUT2D eigenvalue weighted by molar-refractivity contribution is 0.585. The van der Waals surface area contributed by atoms with Gasteiger partial charge in [-0.2, -0.15) is 0 Å². The van der Waals surface area contributed by atoms with Gasteiger partial charge in [0, 0.05) is 17.0 Å². The molecule has 2 aromatic rings. The summed E-state index contributed by atoms with van der Waals surface area (Å²) in [6.07, 6.45) is 0.827. The minimum atomic E-state index is -0.567. The van der Waals surface area contributed by atoms with E-state index in [1.165, 1.54) is 23.5 Å². The van der Waals surface area contributed by atoms with Crippen LogP contribution in [-0.2, 0) is 6.42 Å². The Morgan fingerprint density at radius 1 is 1.33 bits per heavy atom. The Kier molecular flexibility index (Phi) is 2.77. The molecule has 0 unspecified atom stereocenters. The lowest BCUT2D eigenvalue weighted by Gasteiger charge is -1.98. The maximum atomic E-state index is 13.4. The van der Waals surface area contributed by atoms with Gasteiger partial charge in [-0.3, -0.25) is 0 Å². The highest BCUT2D eigenvalue weighted by Crippen LogP contribution is 2.25. The van der Waals surface area contributed by atoms with Crippen LogP contribution in [-0.4, -0.2) is 4.98 Å². The normalized spacial score (nSPS) is 10.6. The van der Waals surface area contributed by atoms with Crippen molar-refractivity contribution >= 4 is 11.3 Å². The predicted molar refractivity (Wildman–Crippen MR) is 56.8 cm³/mol. The van der Waals surface area contributed by atoms with Gasteiger partial charge in [0.05, 0.1) is 10.7 Å². The Balaban J connectivity index is 2.44. The predicted octanol–water partition coefficient (Wildman–Crippen LogP) is 3.65. The largest absolute Gasteiger partial charge is 0.241 e. The first-order chi connectivity index (χ1) is 7.20. The van der Waals surface area contributed by atoms with Crippen molar-refractivity contribution in [1.82, 2.24) is 4.98 Å². The third kappa shape index (κ3) is 2.04. The van der Waals surface area contributed by atoms with Crippen molar-refractivity contribution in [2.24, 2.45) is 0 Å². The molecule has 0 radical (unpaired) electrons. The summed E-state index contributed by atoms with van der Waals surface area (Å²) in [5.74, 6) is -1.13. The van der Waals surface area contributed by atoms with E-state index in [2.05, 4.69) is 4.98 Å². The molecule has 0 fully saturated rings. The van der Waals surface area contributed by atoms with Gasteiger partial charge in [0.15, 0.2) is 0 Å². The SMILES string of the molecule is CCc1nc(-c2ccc(F)cc2F)cs1. The average molecular weight is 225 g/mol. The van der Waals surface area contributed by atoms with Crippen LogP contribution in [0, 0.1) is 11.6 Å². The number of nitrogens with zero attached hydrogens (tertiary/aromatic N) is 1. The fraction of sp³-hybridized carbons (Fsp3) is 0.182. The summed E-state index contributed by atoms with van der Waals surface area (Å²) in [4.78, 5) is 4.25. The van der Waals surface area contributed by atoms with Crippen molar-refractivity contribution in [1.29, 1.82) is 0 Å². The van der Waals surface area contributed by atoms with E-state index in [-0.39, 0.29) is 0 Å². The number of thiazole rings is 1. The van der Waals surface area contributed by atoms with Crippen LogP contribution in [0.2, 0.25) is 0 Å². The van der Waals surface area contributed by atoms with Crippen molar-refractivity contribution in [2.45, 2.75) is 13.3 Å². The molecule has 0 aliphatic carbocycles. The van der Waals surface area contributed by atoms with Crippen molar-refractivity contribution in [3.8, 4) is 11.3 Å². The smallest absolute Gasteiger partial charge is 0.135 e. The molecule has 1 aromatic carbocycles. The minimum Gasteiger partial charge on any atom is -0.241 e. The molecule has 0 saturated carbocycles. The molecule has 0 aliphatic heterocycles. The van der Waals surface area contributed by atoms with Crippen LogP contribution in [0.3, 0.4) is 0 Å². The Bertz CT molecular complexity index is 479. The summed E-state index contributed by atoms with van der Waals surface area (Å²) in [5.41, 5.74) is 0.932. The minimum absolute atomic E-state index is 0.354. The summed E-state index contributed by atoms with van der Waals surface area (Å²) in [6, 6.07) is 3.53. The molecule has 0 N–H and O–H groups in total. The molecule has 1 heterocycles. The highest BCUT2D eigenvalue weighted by atomic mass is 32.1. The summed E-state index contributed by atoms with van der Waals surface area (Å²) < 4.78 is 26.1. The van der Waals surface area contributed by atoms with Crippen molar-refractivity contribution < 1.29 is 8.78 Å². The zero-order chi connectivity index (χ0) is 10.8. The molecule has 2 rings (SSSR count). The Labute approximate surface area is 90.4 Å². The number of benzene rings is 1. The van der Waals surface area contributed by atoms with Gasteiger partial charge in [-0.1, -0.05) is 6.92 Å². The van der Waals surface area contributed by atoms with E-state index in [9.17, 15) is 8.78 Å². The zero-order valence-electron chi connectivity index (χ0n) is 8.13. The van der Waals surface area contributed by atoms with Crippen LogP contribution in [0.15, 0.2) is 23.6 Å².